The zero-order valence-electron chi connectivity index (χ0n) is 20.5. The second-order valence-corrected chi connectivity index (χ2v) is 9.19. The number of ether oxygens (including phenoxy) is 2. The van der Waals surface area contributed by atoms with Gasteiger partial charge in [0, 0.05) is 0 Å². The molecule has 1 rings (SSSR count). The Bertz CT molecular complexity index is 419. The quantitative estimate of drug-likeness (QED) is 0.149. The largest absolute Gasteiger partial charge is 0.350 e. The van der Waals surface area contributed by atoms with E-state index in [0.717, 1.165) is 25.9 Å². The third-order valence-corrected chi connectivity index (χ3v) is 5.83. The summed E-state index contributed by atoms with van der Waals surface area (Å²) in [5.41, 5.74) is 0. The van der Waals surface area contributed by atoms with Gasteiger partial charge in [0.2, 0.25) is 0 Å². The first-order valence-electron chi connectivity index (χ1n) is 12.9. The van der Waals surface area contributed by atoms with Gasteiger partial charge in [-0.05, 0) is 84.8 Å². The minimum Gasteiger partial charge on any atom is -0.350 e. The molecule has 3 heteroatoms. The fraction of sp³-hybridized carbons (Fsp3) is 0.852. The zero-order valence-corrected chi connectivity index (χ0v) is 20.5. The van der Waals surface area contributed by atoms with Gasteiger partial charge in [0.1, 0.15) is 0 Å². The van der Waals surface area contributed by atoms with Crippen molar-refractivity contribution in [1.29, 1.82) is 0 Å². The first-order valence-corrected chi connectivity index (χ1v) is 12.9. The van der Waals surface area contributed by atoms with Crippen molar-refractivity contribution in [3.63, 3.8) is 0 Å². The normalized spacial score (nSPS) is 19.7. The van der Waals surface area contributed by atoms with Gasteiger partial charge in [-0.2, -0.15) is 0 Å². The van der Waals surface area contributed by atoms with Gasteiger partial charge in [0.05, 0.1) is 12.7 Å². The molecule has 1 aliphatic heterocycles. The second-order valence-electron chi connectivity index (χ2n) is 9.19. The lowest BCUT2D eigenvalue weighted by molar-refractivity contribution is -0.0643. The molecule has 1 saturated heterocycles. The van der Waals surface area contributed by atoms with Crippen LogP contribution in [0.3, 0.4) is 0 Å². The summed E-state index contributed by atoms with van der Waals surface area (Å²) in [6, 6.07) is 0. The molecule has 0 spiro atoms. The van der Waals surface area contributed by atoms with Gasteiger partial charge in [0.15, 0.2) is 6.29 Å². The first kappa shape index (κ1) is 27.4. The summed E-state index contributed by atoms with van der Waals surface area (Å²) >= 11 is 0. The van der Waals surface area contributed by atoms with E-state index in [1.807, 2.05) is 0 Å². The molecule has 2 unspecified atom stereocenters. The summed E-state index contributed by atoms with van der Waals surface area (Å²) in [5, 5.41) is 0. The van der Waals surface area contributed by atoms with Gasteiger partial charge in [0.25, 0.3) is 0 Å². The minimum atomic E-state index is 0.0645. The Hall–Kier alpha value is -0.640. The maximum atomic E-state index is 6.04. The molecule has 0 N–H and O–H groups in total. The van der Waals surface area contributed by atoms with E-state index >= 15 is 0 Å². The van der Waals surface area contributed by atoms with E-state index in [2.05, 4.69) is 50.2 Å². The summed E-state index contributed by atoms with van der Waals surface area (Å²) in [7, 11) is 4.27. The molecule has 0 bridgehead atoms. The topological polar surface area (TPSA) is 21.7 Å². The van der Waals surface area contributed by atoms with Crippen molar-refractivity contribution in [3.05, 3.63) is 24.3 Å². The van der Waals surface area contributed by atoms with Crippen molar-refractivity contribution in [2.45, 2.75) is 122 Å². The average molecular weight is 422 g/mol. The van der Waals surface area contributed by atoms with Crippen LogP contribution < -0.4 is 0 Å². The van der Waals surface area contributed by atoms with Crippen LogP contribution in [-0.4, -0.2) is 44.5 Å². The molecule has 1 aliphatic rings. The highest BCUT2D eigenvalue weighted by Crippen LogP contribution is 2.21. The fourth-order valence-electron chi connectivity index (χ4n) is 3.91. The van der Waals surface area contributed by atoms with E-state index in [1.165, 1.54) is 90.0 Å². The molecule has 0 aromatic carbocycles. The SMILES string of the molecule is CCCCC/C=C\C/C=C\CCCCCCCCC1OCC(CCCCN(C)C)O1. The number of nitrogens with zero attached hydrogens (tertiary/aromatic N) is 1. The molecule has 1 heterocycles. The van der Waals surface area contributed by atoms with Crippen LogP contribution in [0.2, 0.25) is 0 Å². The predicted molar refractivity (Wildman–Crippen MR) is 131 cm³/mol. The van der Waals surface area contributed by atoms with Crippen LogP contribution in [0.4, 0.5) is 0 Å². The molecular weight excluding hydrogens is 370 g/mol. The van der Waals surface area contributed by atoms with Crippen molar-refractivity contribution in [3.8, 4) is 0 Å². The average Bonchev–Trinajstić information content (AvgIpc) is 3.18. The Balaban J connectivity index is 1.82. The van der Waals surface area contributed by atoms with Crippen LogP contribution in [0.5, 0.6) is 0 Å². The fourth-order valence-corrected chi connectivity index (χ4v) is 3.91. The molecule has 0 saturated carbocycles. The van der Waals surface area contributed by atoms with Crippen molar-refractivity contribution in [1.82, 2.24) is 4.90 Å². The number of hydrogen-bond donors (Lipinski definition) is 0. The van der Waals surface area contributed by atoms with E-state index in [-0.39, 0.29) is 6.29 Å². The number of hydrogen-bond acceptors (Lipinski definition) is 3. The van der Waals surface area contributed by atoms with Crippen molar-refractivity contribution in [2.75, 3.05) is 27.2 Å². The Morgan fingerprint density at radius 3 is 2.07 bits per heavy atom. The van der Waals surface area contributed by atoms with Gasteiger partial charge < -0.3 is 14.4 Å². The Morgan fingerprint density at radius 2 is 1.37 bits per heavy atom. The molecule has 0 aromatic rings. The summed E-state index contributed by atoms with van der Waals surface area (Å²) in [5.74, 6) is 0. The maximum absolute atomic E-state index is 6.04. The van der Waals surface area contributed by atoms with E-state index in [1.54, 1.807) is 0 Å². The Kier molecular flexibility index (Phi) is 18.5. The minimum absolute atomic E-state index is 0.0645. The lowest BCUT2D eigenvalue weighted by atomic mass is 10.1. The standard InChI is InChI=1S/C27H51NO2/c1-4-5-6-7-8-9-10-11-12-13-14-15-16-17-18-19-23-27-29-25-26(30-27)22-20-21-24-28(2)3/h8-9,11-12,26-27H,4-7,10,13-25H2,1-3H3/b9-8-,12-11-. The Morgan fingerprint density at radius 1 is 0.733 bits per heavy atom. The molecule has 0 aliphatic carbocycles. The molecule has 0 radical (unpaired) electrons. The third-order valence-electron chi connectivity index (χ3n) is 5.83. The molecule has 2 atom stereocenters. The van der Waals surface area contributed by atoms with Crippen LogP contribution in [0, 0.1) is 0 Å². The Labute approximate surface area is 188 Å². The van der Waals surface area contributed by atoms with Crippen LogP contribution in [-0.2, 0) is 9.47 Å². The summed E-state index contributed by atoms with van der Waals surface area (Å²) < 4.78 is 11.9. The van der Waals surface area contributed by atoms with Crippen LogP contribution in [0.1, 0.15) is 110 Å². The number of allylic oxidation sites excluding steroid dienone is 4. The predicted octanol–water partition coefficient (Wildman–Crippen LogP) is 7.66. The molecule has 176 valence electrons. The van der Waals surface area contributed by atoms with Gasteiger partial charge in [-0.25, -0.2) is 0 Å². The van der Waals surface area contributed by atoms with Crippen molar-refractivity contribution < 1.29 is 9.47 Å². The molecule has 0 amide bonds. The first-order chi connectivity index (χ1) is 14.7. The van der Waals surface area contributed by atoms with E-state index in [4.69, 9.17) is 9.47 Å². The molecule has 1 fully saturated rings. The highest BCUT2D eigenvalue weighted by Gasteiger charge is 2.24. The van der Waals surface area contributed by atoms with Gasteiger partial charge in [-0.1, -0.05) is 69.8 Å². The van der Waals surface area contributed by atoms with E-state index < -0.39 is 0 Å². The molecular formula is C27H51NO2. The van der Waals surface area contributed by atoms with Gasteiger partial charge in [-0.3, -0.25) is 0 Å². The third kappa shape index (κ3) is 17.1. The van der Waals surface area contributed by atoms with Crippen molar-refractivity contribution >= 4 is 0 Å². The zero-order chi connectivity index (χ0) is 21.7. The number of rotatable bonds is 20. The molecule has 3 nitrogen and oxygen atoms in total. The maximum Gasteiger partial charge on any atom is 0.158 e. The lowest BCUT2D eigenvalue weighted by Crippen LogP contribution is -2.15. The monoisotopic (exact) mass is 421 g/mol. The lowest BCUT2D eigenvalue weighted by Gasteiger charge is -2.12. The van der Waals surface area contributed by atoms with Crippen LogP contribution in [0.15, 0.2) is 24.3 Å². The summed E-state index contributed by atoms with van der Waals surface area (Å²) in [4.78, 5) is 2.25. The van der Waals surface area contributed by atoms with Crippen molar-refractivity contribution in [2.24, 2.45) is 0 Å². The van der Waals surface area contributed by atoms with E-state index in [9.17, 15) is 0 Å². The number of unbranched alkanes of at least 4 members (excludes halogenated alkanes) is 10. The molecule has 30 heavy (non-hydrogen) atoms. The van der Waals surface area contributed by atoms with Gasteiger partial charge in [-0.15, -0.1) is 0 Å². The van der Waals surface area contributed by atoms with E-state index in [0.29, 0.717) is 6.10 Å². The smallest absolute Gasteiger partial charge is 0.158 e. The summed E-state index contributed by atoms with van der Waals surface area (Å²) in [6.07, 6.45) is 30.0. The van der Waals surface area contributed by atoms with Crippen LogP contribution in [0.25, 0.3) is 0 Å². The second kappa shape index (κ2) is 20.3. The highest BCUT2D eigenvalue weighted by molar-refractivity contribution is 4.92. The summed E-state index contributed by atoms with van der Waals surface area (Å²) in [6.45, 7) is 4.23. The van der Waals surface area contributed by atoms with Gasteiger partial charge >= 0.3 is 0 Å². The highest BCUT2D eigenvalue weighted by atomic mass is 16.7. The molecule has 0 aromatic heterocycles. The van der Waals surface area contributed by atoms with Crippen LogP contribution >= 0.6 is 0 Å².